The summed E-state index contributed by atoms with van der Waals surface area (Å²) in [6.07, 6.45) is 3.01. The molecule has 1 aromatic heterocycles. The van der Waals surface area contributed by atoms with Crippen molar-refractivity contribution in [1.82, 2.24) is 4.98 Å². The van der Waals surface area contributed by atoms with Crippen LogP contribution < -0.4 is 0 Å². The molecule has 1 rings (SSSR count). The molecule has 1 unspecified atom stereocenters. The maximum atomic E-state index is 11.7. The predicted octanol–water partition coefficient (Wildman–Crippen LogP) is 1.15. The van der Waals surface area contributed by atoms with Crippen LogP contribution in [-0.4, -0.2) is 43.7 Å². The van der Waals surface area contributed by atoms with Gasteiger partial charge in [-0.05, 0) is 25.0 Å². The van der Waals surface area contributed by atoms with Crippen molar-refractivity contribution in [1.29, 1.82) is 0 Å². The van der Waals surface area contributed by atoms with Crippen LogP contribution in [0.1, 0.15) is 29.3 Å². The summed E-state index contributed by atoms with van der Waals surface area (Å²) in [6.45, 7) is 1.97. The van der Waals surface area contributed by atoms with E-state index in [9.17, 15) is 14.4 Å². The highest BCUT2D eigenvalue weighted by atomic mass is 16.5. The zero-order valence-corrected chi connectivity index (χ0v) is 12.8. The standard InChI is InChI=1S/C15H19NO6/c1-4-22-15(19)12-6-10(8-16-9-12)5-11(14(18)21-3)7-13(17)20-2/h6,8-9,11H,4-5,7H2,1-3H3. The molecule has 0 saturated carbocycles. The number of carbonyl (C=O) groups excluding carboxylic acids is 3. The lowest BCUT2D eigenvalue weighted by Crippen LogP contribution is -2.23. The lowest BCUT2D eigenvalue weighted by molar-refractivity contribution is -0.151. The fraction of sp³-hybridized carbons (Fsp3) is 0.467. The van der Waals surface area contributed by atoms with Gasteiger partial charge in [0.1, 0.15) is 0 Å². The zero-order valence-electron chi connectivity index (χ0n) is 12.8. The van der Waals surface area contributed by atoms with E-state index in [1.165, 1.54) is 26.6 Å². The summed E-state index contributed by atoms with van der Waals surface area (Å²) in [5.41, 5.74) is 0.922. The fourth-order valence-electron chi connectivity index (χ4n) is 1.90. The molecule has 0 spiro atoms. The molecule has 0 aliphatic carbocycles. The molecule has 0 amide bonds. The van der Waals surface area contributed by atoms with Gasteiger partial charge in [-0.25, -0.2) is 4.79 Å². The molecular weight excluding hydrogens is 290 g/mol. The van der Waals surface area contributed by atoms with Crippen LogP contribution in [0.2, 0.25) is 0 Å². The minimum atomic E-state index is -0.698. The summed E-state index contributed by atoms with van der Waals surface area (Å²) in [5, 5.41) is 0. The Morgan fingerprint density at radius 3 is 2.50 bits per heavy atom. The van der Waals surface area contributed by atoms with Gasteiger partial charge in [0.05, 0.1) is 38.7 Å². The van der Waals surface area contributed by atoms with E-state index in [0.29, 0.717) is 11.1 Å². The quantitative estimate of drug-likeness (QED) is 0.551. The second kappa shape index (κ2) is 8.76. The molecule has 0 N–H and O–H groups in total. The third-order valence-corrected chi connectivity index (χ3v) is 2.96. The predicted molar refractivity (Wildman–Crippen MR) is 76.0 cm³/mol. The number of hydrogen-bond donors (Lipinski definition) is 0. The molecule has 1 atom stereocenters. The maximum Gasteiger partial charge on any atom is 0.339 e. The number of nitrogens with zero attached hydrogens (tertiary/aromatic N) is 1. The molecule has 0 aliphatic heterocycles. The van der Waals surface area contributed by atoms with Crippen LogP contribution in [0.3, 0.4) is 0 Å². The van der Waals surface area contributed by atoms with E-state index >= 15 is 0 Å². The molecule has 0 aliphatic rings. The third kappa shape index (κ3) is 5.16. The van der Waals surface area contributed by atoms with E-state index in [2.05, 4.69) is 14.5 Å². The molecule has 0 saturated heterocycles. The Morgan fingerprint density at radius 1 is 1.18 bits per heavy atom. The van der Waals surface area contributed by atoms with Crippen molar-refractivity contribution < 1.29 is 28.6 Å². The van der Waals surface area contributed by atoms with Crippen molar-refractivity contribution in [2.45, 2.75) is 19.8 Å². The van der Waals surface area contributed by atoms with E-state index in [1.54, 1.807) is 13.0 Å². The summed E-state index contributed by atoms with van der Waals surface area (Å²) in [7, 11) is 2.50. The second-order valence-electron chi connectivity index (χ2n) is 4.51. The fourth-order valence-corrected chi connectivity index (χ4v) is 1.90. The molecule has 1 heterocycles. The van der Waals surface area contributed by atoms with Crippen molar-refractivity contribution in [3.05, 3.63) is 29.6 Å². The Kier molecular flexibility index (Phi) is 7.01. The monoisotopic (exact) mass is 309 g/mol. The highest BCUT2D eigenvalue weighted by Gasteiger charge is 2.24. The molecule has 0 aromatic carbocycles. The Balaban J connectivity index is 2.88. The molecular formula is C15H19NO6. The van der Waals surface area contributed by atoms with Gasteiger partial charge in [0, 0.05) is 12.4 Å². The first kappa shape index (κ1) is 17.6. The van der Waals surface area contributed by atoms with Crippen molar-refractivity contribution in [2.24, 2.45) is 5.92 Å². The SMILES string of the molecule is CCOC(=O)c1cncc(CC(CC(=O)OC)C(=O)OC)c1. The number of hydrogen-bond acceptors (Lipinski definition) is 7. The Morgan fingerprint density at radius 2 is 1.91 bits per heavy atom. The number of ether oxygens (including phenoxy) is 3. The van der Waals surface area contributed by atoms with Gasteiger partial charge in [-0.2, -0.15) is 0 Å². The molecule has 0 bridgehead atoms. The van der Waals surface area contributed by atoms with Gasteiger partial charge in [0.25, 0.3) is 0 Å². The number of methoxy groups -OCH3 is 2. The topological polar surface area (TPSA) is 91.8 Å². The van der Waals surface area contributed by atoms with Crippen LogP contribution >= 0.6 is 0 Å². The third-order valence-electron chi connectivity index (χ3n) is 2.96. The first-order valence-electron chi connectivity index (χ1n) is 6.77. The molecule has 0 fully saturated rings. The summed E-state index contributed by atoms with van der Waals surface area (Å²) in [5.74, 6) is -2.21. The first-order chi connectivity index (χ1) is 10.5. The van der Waals surface area contributed by atoms with Gasteiger partial charge >= 0.3 is 17.9 Å². The molecule has 1 aromatic rings. The number of aromatic nitrogens is 1. The summed E-state index contributed by atoms with van der Waals surface area (Å²) >= 11 is 0. The van der Waals surface area contributed by atoms with Crippen molar-refractivity contribution in [2.75, 3.05) is 20.8 Å². The van der Waals surface area contributed by atoms with Crippen LogP contribution in [0, 0.1) is 5.92 Å². The highest BCUT2D eigenvalue weighted by molar-refractivity contribution is 5.89. The number of rotatable bonds is 7. The van der Waals surface area contributed by atoms with Crippen LogP contribution in [0.25, 0.3) is 0 Å². The van der Waals surface area contributed by atoms with Gasteiger partial charge in [0.15, 0.2) is 0 Å². The average Bonchev–Trinajstić information content (AvgIpc) is 2.53. The van der Waals surface area contributed by atoms with Crippen molar-refractivity contribution in [3.63, 3.8) is 0 Å². The van der Waals surface area contributed by atoms with Crippen molar-refractivity contribution >= 4 is 17.9 Å². The van der Waals surface area contributed by atoms with Gasteiger partial charge in [-0.15, -0.1) is 0 Å². The molecule has 0 radical (unpaired) electrons. The van der Waals surface area contributed by atoms with Crippen molar-refractivity contribution in [3.8, 4) is 0 Å². The number of esters is 3. The second-order valence-corrected chi connectivity index (χ2v) is 4.51. The number of pyridine rings is 1. The average molecular weight is 309 g/mol. The van der Waals surface area contributed by atoms with Gasteiger partial charge in [-0.1, -0.05) is 0 Å². The van der Waals surface area contributed by atoms with E-state index in [0.717, 1.165) is 0 Å². The molecule has 7 nitrogen and oxygen atoms in total. The van der Waals surface area contributed by atoms with Gasteiger partial charge < -0.3 is 14.2 Å². The van der Waals surface area contributed by atoms with Gasteiger partial charge in [0.2, 0.25) is 0 Å². The number of carbonyl (C=O) groups is 3. The van der Waals surface area contributed by atoms with Crippen LogP contribution in [0.4, 0.5) is 0 Å². The van der Waals surface area contributed by atoms with E-state index < -0.39 is 23.8 Å². The molecule has 22 heavy (non-hydrogen) atoms. The summed E-state index contributed by atoms with van der Waals surface area (Å²) < 4.78 is 14.2. The lowest BCUT2D eigenvalue weighted by Gasteiger charge is -2.13. The Bertz CT molecular complexity index is 543. The normalized spacial score (nSPS) is 11.4. The van der Waals surface area contributed by atoms with Gasteiger partial charge in [-0.3, -0.25) is 14.6 Å². The molecule has 7 heteroatoms. The van der Waals surface area contributed by atoms with E-state index in [4.69, 9.17) is 4.74 Å². The van der Waals surface area contributed by atoms with Crippen LogP contribution in [-0.2, 0) is 30.2 Å². The largest absolute Gasteiger partial charge is 0.469 e. The van der Waals surface area contributed by atoms with E-state index in [1.807, 2.05) is 0 Å². The smallest absolute Gasteiger partial charge is 0.339 e. The maximum absolute atomic E-state index is 11.7. The van der Waals surface area contributed by atoms with Crippen LogP contribution in [0.5, 0.6) is 0 Å². The Hall–Kier alpha value is -2.44. The Labute approximate surface area is 128 Å². The highest BCUT2D eigenvalue weighted by Crippen LogP contribution is 2.16. The molecule has 120 valence electrons. The minimum absolute atomic E-state index is 0.104. The zero-order chi connectivity index (χ0) is 16.5. The summed E-state index contributed by atoms with van der Waals surface area (Å²) in [4.78, 5) is 38.7. The van der Waals surface area contributed by atoms with Crippen LogP contribution in [0.15, 0.2) is 18.5 Å². The summed E-state index contributed by atoms with van der Waals surface area (Å²) in [6, 6.07) is 1.58. The first-order valence-corrected chi connectivity index (χ1v) is 6.77. The van der Waals surface area contributed by atoms with E-state index in [-0.39, 0.29) is 19.4 Å². The lowest BCUT2D eigenvalue weighted by atomic mass is 9.96. The minimum Gasteiger partial charge on any atom is -0.469 e.